The topological polar surface area (TPSA) is 84.0 Å². The van der Waals surface area contributed by atoms with Gasteiger partial charge in [0.1, 0.15) is 12.4 Å². The monoisotopic (exact) mass is 258 g/mol. The molecule has 0 amide bonds. The van der Waals surface area contributed by atoms with E-state index in [-0.39, 0.29) is 19.0 Å². The molecule has 0 bridgehead atoms. The normalized spacial score (nSPS) is 12.0. The maximum absolute atomic E-state index is 9.77. The van der Waals surface area contributed by atoms with Crippen LogP contribution in [0.4, 0.5) is 0 Å². The number of nitrogens with zero attached hydrogens (tertiary/aromatic N) is 4. The van der Waals surface area contributed by atoms with E-state index in [0.717, 1.165) is 5.56 Å². The molecule has 98 valence electrons. The van der Waals surface area contributed by atoms with Crippen molar-refractivity contribution in [2.45, 2.75) is 19.3 Å². The highest BCUT2D eigenvalue weighted by atomic mass is 16.5. The predicted octanol–water partition coefficient (Wildman–Crippen LogP) is 0.727. The van der Waals surface area contributed by atoms with Crippen molar-refractivity contribution in [3.8, 4) is 6.07 Å². The zero-order valence-electron chi connectivity index (χ0n) is 10.3. The van der Waals surface area contributed by atoms with Gasteiger partial charge in [-0.15, -0.1) is 5.10 Å². The average molecular weight is 258 g/mol. The average Bonchev–Trinajstić information content (AvgIpc) is 2.87. The highest BCUT2D eigenvalue weighted by Gasteiger charge is 2.07. The van der Waals surface area contributed by atoms with Gasteiger partial charge in [-0.2, -0.15) is 5.26 Å². The van der Waals surface area contributed by atoms with Gasteiger partial charge in [0.2, 0.25) is 0 Å². The van der Waals surface area contributed by atoms with Crippen LogP contribution in [0.1, 0.15) is 11.4 Å². The Hall–Kier alpha value is -2.23. The SMILES string of the molecule is N#Cc1ncn(CC(O)COCc2ccccc2)n1. The minimum Gasteiger partial charge on any atom is -0.389 e. The van der Waals surface area contributed by atoms with Crippen molar-refractivity contribution >= 4 is 0 Å². The van der Waals surface area contributed by atoms with Crippen LogP contribution in [-0.2, 0) is 17.9 Å². The van der Waals surface area contributed by atoms with E-state index in [9.17, 15) is 5.11 Å². The summed E-state index contributed by atoms with van der Waals surface area (Å²) in [5, 5.41) is 22.2. The van der Waals surface area contributed by atoms with Crippen LogP contribution in [0.3, 0.4) is 0 Å². The number of hydrogen-bond acceptors (Lipinski definition) is 5. The van der Waals surface area contributed by atoms with Gasteiger partial charge in [0.25, 0.3) is 5.82 Å². The first-order chi connectivity index (χ1) is 9.28. The molecule has 0 spiro atoms. The lowest BCUT2D eigenvalue weighted by Crippen LogP contribution is -2.22. The van der Waals surface area contributed by atoms with E-state index in [0.29, 0.717) is 6.61 Å². The van der Waals surface area contributed by atoms with E-state index in [2.05, 4.69) is 10.1 Å². The number of hydrogen-bond donors (Lipinski definition) is 1. The Morgan fingerprint density at radius 2 is 2.16 bits per heavy atom. The molecular weight excluding hydrogens is 244 g/mol. The molecule has 2 aromatic rings. The largest absolute Gasteiger partial charge is 0.389 e. The Labute approximate surface area is 110 Å². The van der Waals surface area contributed by atoms with Crippen LogP contribution in [0.25, 0.3) is 0 Å². The first-order valence-corrected chi connectivity index (χ1v) is 5.87. The third-order valence-electron chi connectivity index (χ3n) is 2.46. The Morgan fingerprint density at radius 3 is 2.84 bits per heavy atom. The summed E-state index contributed by atoms with van der Waals surface area (Å²) in [6, 6.07) is 11.6. The molecule has 1 aromatic heterocycles. The number of nitriles is 1. The highest BCUT2D eigenvalue weighted by Crippen LogP contribution is 2.01. The number of ether oxygens (including phenoxy) is 1. The molecule has 0 aliphatic heterocycles. The van der Waals surface area contributed by atoms with Gasteiger partial charge in [0.15, 0.2) is 0 Å². The maximum atomic E-state index is 9.77. The molecule has 1 heterocycles. The molecule has 1 N–H and O–H groups in total. The zero-order valence-corrected chi connectivity index (χ0v) is 10.3. The standard InChI is InChI=1S/C13H14N4O2/c14-6-13-15-10-17(16-13)7-12(18)9-19-8-11-4-2-1-3-5-11/h1-5,10,12,18H,7-9H2. The fraction of sp³-hybridized carbons (Fsp3) is 0.308. The van der Waals surface area contributed by atoms with Crippen molar-refractivity contribution in [2.24, 2.45) is 0 Å². The summed E-state index contributed by atoms with van der Waals surface area (Å²) in [6.07, 6.45) is 0.732. The summed E-state index contributed by atoms with van der Waals surface area (Å²) in [7, 11) is 0. The molecule has 1 atom stereocenters. The van der Waals surface area contributed by atoms with Crippen molar-refractivity contribution < 1.29 is 9.84 Å². The van der Waals surface area contributed by atoms with Crippen LogP contribution < -0.4 is 0 Å². The van der Waals surface area contributed by atoms with Crippen LogP contribution in [0.5, 0.6) is 0 Å². The fourth-order valence-electron chi connectivity index (χ4n) is 1.59. The third kappa shape index (κ3) is 4.17. The molecule has 2 rings (SSSR count). The lowest BCUT2D eigenvalue weighted by atomic mass is 10.2. The van der Waals surface area contributed by atoms with Crippen molar-refractivity contribution in [1.82, 2.24) is 14.8 Å². The lowest BCUT2D eigenvalue weighted by Gasteiger charge is -2.10. The van der Waals surface area contributed by atoms with Crippen molar-refractivity contribution in [3.05, 3.63) is 48.0 Å². The molecule has 0 aliphatic carbocycles. The van der Waals surface area contributed by atoms with Gasteiger partial charge in [0, 0.05) is 0 Å². The molecule has 0 radical (unpaired) electrons. The van der Waals surface area contributed by atoms with E-state index in [1.54, 1.807) is 0 Å². The van der Waals surface area contributed by atoms with E-state index >= 15 is 0 Å². The predicted molar refractivity (Wildman–Crippen MR) is 66.8 cm³/mol. The van der Waals surface area contributed by atoms with Crippen LogP contribution in [-0.4, -0.2) is 32.6 Å². The summed E-state index contributed by atoms with van der Waals surface area (Å²) in [6.45, 7) is 0.915. The third-order valence-corrected chi connectivity index (χ3v) is 2.46. The Bertz CT molecular complexity index is 547. The van der Waals surface area contributed by atoms with Gasteiger partial charge in [-0.3, -0.25) is 0 Å². The van der Waals surface area contributed by atoms with Gasteiger partial charge in [0.05, 0.1) is 25.9 Å². The van der Waals surface area contributed by atoms with Crippen LogP contribution in [0.2, 0.25) is 0 Å². The van der Waals surface area contributed by atoms with Gasteiger partial charge in [-0.25, -0.2) is 9.67 Å². The number of rotatable bonds is 6. The lowest BCUT2D eigenvalue weighted by molar-refractivity contribution is 0.0186. The summed E-state index contributed by atoms with van der Waals surface area (Å²) in [5.41, 5.74) is 1.06. The molecule has 0 saturated heterocycles. The molecule has 0 saturated carbocycles. The van der Waals surface area contributed by atoms with Crippen LogP contribution in [0, 0.1) is 11.3 Å². The number of benzene rings is 1. The highest BCUT2D eigenvalue weighted by molar-refractivity contribution is 5.13. The van der Waals surface area contributed by atoms with Gasteiger partial charge >= 0.3 is 0 Å². The minimum absolute atomic E-state index is 0.0948. The second-order valence-corrected chi connectivity index (χ2v) is 4.06. The number of aliphatic hydroxyl groups excluding tert-OH is 1. The first-order valence-electron chi connectivity index (χ1n) is 5.87. The second-order valence-electron chi connectivity index (χ2n) is 4.06. The second kappa shape index (κ2) is 6.64. The smallest absolute Gasteiger partial charge is 0.252 e. The van der Waals surface area contributed by atoms with Crippen molar-refractivity contribution in [2.75, 3.05) is 6.61 Å². The molecule has 6 nitrogen and oxygen atoms in total. The molecule has 1 aromatic carbocycles. The number of aliphatic hydroxyl groups is 1. The number of aromatic nitrogens is 3. The molecular formula is C13H14N4O2. The molecule has 0 aliphatic rings. The van der Waals surface area contributed by atoms with Gasteiger partial charge in [-0.1, -0.05) is 30.3 Å². The van der Waals surface area contributed by atoms with Gasteiger partial charge in [-0.05, 0) is 5.56 Å². The van der Waals surface area contributed by atoms with E-state index in [4.69, 9.17) is 10.00 Å². The van der Waals surface area contributed by atoms with Crippen molar-refractivity contribution in [1.29, 1.82) is 5.26 Å². The zero-order chi connectivity index (χ0) is 13.5. The van der Waals surface area contributed by atoms with E-state index in [1.165, 1.54) is 11.0 Å². The quantitative estimate of drug-likeness (QED) is 0.825. The van der Waals surface area contributed by atoms with Crippen molar-refractivity contribution in [3.63, 3.8) is 0 Å². The molecule has 1 unspecified atom stereocenters. The fourth-order valence-corrected chi connectivity index (χ4v) is 1.59. The Morgan fingerprint density at radius 1 is 1.37 bits per heavy atom. The van der Waals surface area contributed by atoms with Crippen LogP contribution >= 0.6 is 0 Å². The Kier molecular flexibility index (Phi) is 4.61. The summed E-state index contributed by atoms with van der Waals surface area (Å²) < 4.78 is 6.84. The molecule has 19 heavy (non-hydrogen) atoms. The summed E-state index contributed by atoms with van der Waals surface area (Å²) in [4.78, 5) is 3.75. The first kappa shape index (κ1) is 13.2. The molecule has 6 heteroatoms. The summed E-state index contributed by atoms with van der Waals surface area (Å²) in [5.74, 6) is 0.0948. The van der Waals surface area contributed by atoms with Gasteiger partial charge < -0.3 is 9.84 Å². The summed E-state index contributed by atoms with van der Waals surface area (Å²) >= 11 is 0. The maximum Gasteiger partial charge on any atom is 0.252 e. The van der Waals surface area contributed by atoms with E-state index in [1.807, 2.05) is 36.4 Å². The minimum atomic E-state index is -0.683. The van der Waals surface area contributed by atoms with Crippen LogP contribution in [0.15, 0.2) is 36.7 Å². The van der Waals surface area contributed by atoms with E-state index < -0.39 is 6.10 Å². The Balaban J connectivity index is 1.73. The molecule has 0 fully saturated rings.